The fourth-order valence-corrected chi connectivity index (χ4v) is 9.45. The second-order valence-electron chi connectivity index (χ2n) is 13.2. The SMILES string of the molecule is CC[C@]1(O)CC[C@@]2(C)C(=CC[C@H]3[C@@H]4CC[C@H]([C@H](C)CC[C@@H](O)c5ccccc5)[C@@]4(C)CC[C@@H]32)C1. The minimum Gasteiger partial charge on any atom is -0.390 e. The lowest BCUT2D eigenvalue weighted by Gasteiger charge is -2.59. The van der Waals surface area contributed by atoms with Gasteiger partial charge in [-0.1, -0.05) is 69.7 Å². The Morgan fingerprint density at radius 2 is 1.74 bits per heavy atom. The van der Waals surface area contributed by atoms with Crippen LogP contribution in [0.3, 0.4) is 0 Å². The molecule has 4 aliphatic rings. The van der Waals surface area contributed by atoms with Crippen LogP contribution in [0.15, 0.2) is 42.0 Å². The molecule has 2 nitrogen and oxygen atoms in total. The smallest absolute Gasteiger partial charge is 0.0790 e. The molecular weight excluding hydrogens is 416 g/mol. The van der Waals surface area contributed by atoms with E-state index in [1.165, 1.54) is 38.5 Å². The molecule has 3 saturated carbocycles. The molecule has 0 amide bonds. The zero-order chi connectivity index (χ0) is 24.1. The molecule has 34 heavy (non-hydrogen) atoms. The Bertz CT molecular complexity index is 892. The summed E-state index contributed by atoms with van der Waals surface area (Å²) in [6.45, 7) is 9.80. The van der Waals surface area contributed by atoms with Gasteiger partial charge in [-0.3, -0.25) is 0 Å². The molecule has 0 unspecified atom stereocenters. The Morgan fingerprint density at radius 3 is 2.47 bits per heavy atom. The third-order valence-electron chi connectivity index (χ3n) is 11.8. The van der Waals surface area contributed by atoms with Crippen molar-refractivity contribution in [3.8, 4) is 0 Å². The first kappa shape index (κ1) is 24.6. The highest BCUT2D eigenvalue weighted by atomic mass is 16.3. The van der Waals surface area contributed by atoms with Gasteiger partial charge in [0.05, 0.1) is 11.7 Å². The zero-order valence-electron chi connectivity index (χ0n) is 22.1. The number of aliphatic hydroxyl groups is 2. The summed E-state index contributed by atoms with van der Waals surface area (Å²) >= 11 is 0. The van der Waals surface area contributed by atoms with Crippen molar-refractivity contribution in [1.82, 2.24) is 0 Å². The maximum Gasteiger partial charge on any atom is 0.0790 e. The van der Waals surface area contributed by atoms with Crippen molar-refractivity contribution in [3.63, 3.8) is 0 Å². The lowest BCUT2D eigenvalue weighted by atomic mass is 9.46. The van der Waals surface area contributed by atoms with Crippen LogP contribution in [0.2, 0.25) is 0 Å². The average molecular weight is 465 g/mol. The first-order valence-corrected chi connectivity index (χ1v) is 14.3. The summed E-state index contributed by atoms with van der Waals surface area (Å²) in [5.41, 5.74) is 2.96. The molecule has 2 heteroatoms. The topological polar surface area (TPSA) is 40.5 Å². The van der Waals surface area contributed by atoms with Crippen LogP contribution in [0.25, 0.3) is 0 Å². The van der Waals surface area contributed by atoms with E-state index in [0.29, 0.717) is 16.7 Å². The number of hydrogen-bond donors (Lipinski definition) is 2. The van der Waals surface area contributed by atoms with Crippen molar-refractivity contribution in [1.29, 1.82) is 0 Å². The summed E-state index contributed by atoms with van der Waals surface area (Å²) in [5.74, 6) is 3.94. The summed E-state index contributed by atoms with van der Waals surface area (Å²) in [6.07, 6.45) is 14.9. The normalized spacial score (nSPS) is 43.3. The van der Waals surface area contributed by atoms with Gasteiger partial charge in [0.25, 0.3) is 0 Å². The first-order chi connectivity index (χ1) is 16.2. The Morgan fingerprint density at radius 1 is 0.971 bits per heavy atom. The third-order valence-corrected chi connectivity index (χ3v) is 11.8. The molecule has 1 aromatic rings. The van der Waals surface area contributed by atoms with Crippen LogP contribution in [0.4, 0.5) is 0 Å². The molecule has 0 saturated heterocycles. The molecule has 4 aliphatic carbocycles. The molecule has 2 N–H and O–H groups in total. The van der Waals surface area contributed by atoms with Crippen LogP contribution in [0.5, 0.6) is 0 Å². The number of rotatable bonds is 6. The van der Waals surface area contributed by atoms with Gasteiger partial charge in [-0.15, -0.1) is 0 Å². The van der Waals surface area contributed by atoms with Gasteiger partial charge < -0.3 is 10.2 Å². The minimum atomic E-state index is -0.459. The van der Waals surface area contributed by atoms with E-state index in [2.05, 4.69) is 45.9 Å². The summed E-state index contributed by atoms with van der Waals surface area (Å²) in [4.78, 5) is 0. The molecule has 0 spiro atoms. The highest BCUT2D eigenvalue weighted by Crippen LogP contribution is 2.67. The summed E-state index contributed by atoms with van der Waals surface area (Å²) < 4.78 is 0. The predicted octanol–water partition coefficient (Wildman–Crippen LogP) is 7.86. The lowest BCUT2D eigenvalue weighted by molar-refractivity contribution is -0.0757. The van der Waals surface area contributed by atoms with Crippen LogP contribution in [-0.2, 0) is 0 Å². The second kappa shape index (κ2) is 9.07. The fraction of sp³-hybridized carbons (Fsp3) is 0.750. The van der Waals surface area contributed by atoms with Crippen molar-refractivity contribution < 1.29 is 10.2 Å². The monoisotopic (exact) mass is 464 g/mol. The number of fused-ring (bicyclic) bond motifs is 5. The van der Waals surface area contributed by atoms with Gasteiger partial charge in [0.1, 0.15) is 0 Å². The minimum absolute atomic E-state index is 0.315. The van der Waals surface area contributed by atoms with Gasteiger partial charge in [0.15, 0.2) is 0 Å². The van der Waals surface area contributed by atoms with Gasteiger partial charge in [-0.05, 0) is 117 Å². The zero-order valence-corrected chi connectivity index (χ0v) is 22.1. The van der Waals surface area contributed by atoms with E-state index in [1.807, 2.05) is 18.2 Å². The molecule has 0 bridgehead atoms. The molecule has 0 aromatic heterocycles. The van der Waals surface area contributed by atoms with Crippen LogP contribution < -0.4 is 0 Å². The van der Waals surface area contributed by atoms with E-state index >= 15 is 0 Å². The van der Waals surface area contributed by atoms with E-state index in [9.17, 15) is 10.2 Å². The molecule has 9 atom stereocenters. The van der Waals surface area contributed by atoms with E-state index in [1.54, 1.807) is 5.57 Å². The molecule has 0 heterocycles. The summed E-state index contributed by atoms with van der Waals surface area (Å²) in [5, 5.41) is 21.8. The van der Waals surface area contributed by atoms with Crippen LogP contribution in [0.1, 0.15) is 110 Å². The maximum absolute atomic E-state index is 11.0. The molecule has 1 aromatic carbocycles. The van der Waals surface area contributed by atoms with E-state index < -0.39 is 5.60 Å². The Balaban J connectivity index is 1.28. The van der Waals surface area contributed by atoms with Crippen LogP contribution in [-0.4, -0.2) is 15.8 Å². The predicted molar refractivity (Wildman–Crippen MR) is 140 cm³/mol. The molecule has 3 fully saturated rings. The lowest BCUT2D eigenvalue weighted by Crippen LogP contribution is -2.52. The molecule has 188 valence electrons. The summed E-state index contributed by atoms with van der Waals surface area (Å²) in [7, 11) is 0. The molecule has 0 aliphatic heterocycles. The van der Waals surface area contributed by atoms with Crippen molar-refractivity contribution in [2.45, 2.75) is 110 Å². The van der Waals surface area contributed by atoms with E-state index in [0.717, 1.165) is 61.3 Å². The van der Waals surface area contributed by atoms with E-state index in [-0.39, 0.29) is 6.10 Å². The quantitative estimate of drug-likeness (QED) is 0.421. The van der Waals surface area contributed by atoms with Crippen LogP contribution in [0, 0.1) is 40.4 Å². The number of benzene rings is 1. The second-order valence-corrected chi connectivity index (χ2v) is 13.2. The van der Waals surface area contributed by atoms with Gasteiger partial charge in [-0.25, -0.2) is 0 Å². The largest absolute Gasteiger partial charge is 0.390 e. The van der Waals surface area contributed by atoms with Crippen molar-refractivity contribution in [3.05, 3.63) is 47.5 Å². The maximum atomic E-state index is 11.0. The standard InChI is InChI=1S/C32H48O2/c1-5-32(34)20-19-30(3)24(21-32)12-13-25-27-15-14-26(31(27,4)18-17-28(25)30)22(2)11-16-29(33)23-9-7-6-8-10-23/h6-10,12,22,25-29,33-34H,5,11,13-21H2,1-4H3/t22-,25+,26-,27+,28+,29-,30+,31-,32+/m1/s1. The molecule has 0 radical (unpaired) electrons. The van der Waals surface area contributed by atoms with Crippen molar-refractivity contribution in [2.24, 2.45) is 40.4 Å². The van der Waals surface area contributed by atoms with Gasteiger partial charge >= 0.3 is 0 Å². The van der Waals surface area contributed by atoms with Crippen LogP contribution >= 0.6 is 0 Å². The highest BCUT2D eigenvalue weighted by molar-refractivity contribution is 5.27. The number of hydrogen-bond acceptors (Lipinski definition) is 2. The fourth-order valence-electron chi connectivity index (χ4n) is 9.45. The van der Waals surface area contributed by atoms with Crippen molar-refractivity contribution in [2.75, 3.05) is 0 Å². The average Bonchev–Trinajstić information content (AvgIpc) is 3.20. The molecular formula is C32H48O2. The van der Waals surface area contributed by atoms with Gasteiger partial charge in [-0.2, -0.15) is 0 Å². The number of allylic oxidation sites excluding steroid dienone is 1. The Kier molecular flexibility index (Phi) is 6.56. The van der Waals surface area contributed by atoms with Gasteiger partial charge in [0, 0.05) is 0 Å². The van der Waals surface area contributed by atoms with Gasteiger partial charge in [0.2, 0.25) is 0 Å². The number of aliphatic hydroxyl groups excluding tert-OH is 1. The highest BCUT2D eigenvalue weighted by Gasteiger charge is 2.59. The van der Waals surface area contributed by atoms with Crippen molar-refractivity contribution >= 4 is 0 Å². The third kappa shape index (κ3) is 4.01. The summed E-state index contributed by atoms with van der Waals surface area (Å²) in [6, 6.07) is 10.2. The first-order valence-electron chi connectivity index (χ1n) is 14.3. The Labute approximate surface area is 208 Å². The molecule has 5 rings (SSSR count). The Hall–Kier alpha value is -1.12. The van der Waals surface area contributed by atoms with E-state index in [4.69, 9.17) is 0 Å².